The average Bonchev–Trinajstić information content (AvgIpc) is 2.20. The van der Waals surface area contributed by atoms with Gasteiger partial charge in [-0.25, -0.2) is 0 Å². The highest BCUT2D eigenvalue weighted by Gasteiger charge is 2.05. The maximum absolute atomic E-state index is 11.3. The van der Waals surface area contributed by atoms with Gasteiger partial charge in [-0.2, -0.15) is 0 Å². The Kier molecular flexibility index (Phi) is 2.11. The van der Waals surface area contributed by atoms with Crippen LogP contribution in [0.2, 0.25) is 0 Å². The second-order valence-electron chi connectivity index (χ2n) is 3.39. The molecule has 78 valence electrons. The molecule has 15 heavy (non-hydrogen) atoms. The van der Waals surface area contributed by atoms with Gasteiger partial charge in [0.05, 0.1) is 12.6 Å². The third-order valence-electron chi connectivity index (χ3n) is 2.33. The Labute approximate surface area is 86.1 Å². The monoisotopic (exact) mass is 205 g/mol. The summed E-state index contributed by atoms with van der Waals surface area (Å²) in [5.41, 5.74) is 1.09. The zero-order valence-electron chi connectivity index (χ0n) is 8.50. The highest BCUT2D eigenvalue weighted by molar-refractivity contribution is 5.82. The van der Waals surface area contributed by atoms with Gasteiger partial charge in [0, 0.05) is 17.0 Å². The van der Waals surface area contributed by atoms with Gasteiger partial charge in [0.2, 0.25) is 0 Å². The molecule has 4 nitrogen and oxygen atoms in total. The van der Waals surface area contributed by atoms with Crippen molar-refractivity contribution < 1.29 is 9.84 Å². The smallest absolute Gasteiger partial charge is 0.251 e. The van der Waals surface area contributed by atoms with E-state index in [0.717, 1.165) is 5.39 Å². The standard InChI is InChI=1S/C11H11NO3/c1-6-3-7-4-10(15-2)9(13)5-8(7)12-11(6)14/h3-5,13H,1-2H3,(H,12,14). The Balaban J connectivity index is 2.82. The molecule has 2 rings (SSSR count). The van der Waals surface area contributed by atoms with E-state index >= 15 is 0 Å². The number of aromatic hydroxyl groups is 1. The molecule has 0 saturated carbocycles. The highest BCUT2D eigenvalue weighted by atomic mass is 16.5. The number of rotatable bonds is 1. The lowest BCUT2D eigenvalue weighted by Crippen LogP contribution is -2.08. The van der Waals surface area contributed by atoms with Crippen molar-refractivity contribution in [1.82, 2.24) is 4.98 Å². The van der Waals surface area contributed by atoms with Crippen LogP contribution in [0.1, 0.15) is 5.56 Å². The van der Waals surface area contributed by atoms with Crippen molar-refractivity contribution >= 4 is 10.9 Å². The van der Waals surface area contributed by atoms with Gasteiger partial charge in [-0.05, 0) is 19.1 Å². The molecule has 1 heterocycles. The normalized spacial score (nSPS) is 10.5. The van der Waals surface area contributed by atoms with Crippen LogP contribution >= 0.6 is 0 Å². The first-order valence-corrected chi connectivity index (χ1v) is 4.52. The molecule has 1 aromatic heterocycles. The van der Waals surface area contributed by atoms with E-state index < -0.39 is 0 Å². The fraction of sp³-hybridized carbons (Fsp3) is 0.182. The van der Waals surface area contributed by atoms with E-state index in [4.69, 9.17) is 4.74 Å². The van der Waals surface area contributed by atoms with E-state index in [1.54, 1.807) is 19.1 Å². The number of nitrogens with one attached hydrogen (secondary N) is 1. The largest absolute Gasteiger partial charge is 0.504 e. The average molecular weight is 205 g/mol. The summed E-state index contributed by atoms with van der Waals surface area (Å²) in [7, 11) is 1.49. The summed E-state index contributed by atoms with van der Waals surface area (Å²) in [6.45, 7) is 1.73. The van der Waals surface area contributed by atoms with Crippen LogP contribution in [0.4, 0.5) is 0 Å². The summed E-state index contributed by atoms with van der Waals surface area (Å²) >= 11 is 0. The molecular weight excluding hydrogens is 194 g/mol. The van der Waals surface area contributed by atoms with Gasteiger partial charge in [0.25, 0.3) is 5.56 Å². The predicted molar refractivity (Wildman–Crippen MR) is 57.5 cm³/mol. The second-order valence-corrected chi connectivity index (χ2v) is 3.39. The molecule has 0 aliphatic rings. The summed E-state index contributed by atoms with van der Waals surface area (Å²) in [6, 6.07) is 4.93. The SMILES string of the molecule is COc1cc2cc(C)c(=O)[nH]c2cc1O. The number of aromatic amines is 1. The topological polar surface area (TPSA) is 62.3 Å². The first-order chi connectivity index (χ1) is 7.11. The van der Waals surface area contributed by atoms with Crippen molar-refractivity contribution in [2.75, 3.05) is 7.11 Å². The van der Waals surface area contributed by atoms with Crippen LogP contribution in [0.3, 0.4) is 0 Å². The lowest BCUT2D eigenvalue weighted by Gasteiger charge is -2.05. The van der Waals surface area contributed by atoms with E-state index in [-0.39, 0.29) is 11.3 Å². The van der Waals surface area contributed by atoms with Crippen molar-refractivity contribution in [3.8, 4) is 11.5 Å². The van der Waals surface area contributed by atoms with E-state index in [1.165, 1.54) is 13.2 Å². The summed E-state index contributed by atoms with van der Waals surface area (Å²) < 4.78 is 4.98. The molecule has 0 radical (unpaired) electrons. The van der Waals surface area contributed by atoms with Gasteiger partial charge in [-0.1, -0.05) is 0 Å². The van der Waals surface area contributed by atoms with Crippen LogP contribution in [-0.2, 0) is 0 Å². The number of fused-ring (bicyclic) bond motifs is 1. The number of ether oxygens (including phenoxy) is 1. The molecule has 4 heteroatoms. The lowest BCUT2D eigenvalue weighted by molar-refractivity contribution is 0.374. The van der Waals surface area contributed by atoms with Gasteiger partial charge in [0.15, 0.2) is 11.5 Å². The summed E-state index contributed by atoms with van der Waals surface area (Å²) in [5, 5.41) is 10.4. The number of phenolic OH excluding ortho intramolecular Hbond substituents is 1. The molecule has 0 saturated heterocycles. The Morgan fingerprint density at radius 1 is 1.33 bits per heavy atom. The van der Waals surface area contributed by atoms with Gasteiger partial charge in [-0.15, -0.1) is 0 Å². The zero-order valence-corrected chi connectivity index (χ0v) is 8.50. The maximum Gasteiger partial charge on any atom is 0.251 e. The van der Waals surface area contributed by atoms with Crippen molar-refractivity contribution in [3.63, 3.8) is 0 Å². The molecule has 2 aromatic rings. The molecule has 1 aromatic carbocycles. The Morgan fingerprint density at radius 3 is 2.73 bits per heavy atom. The molecular formula is C11H11NO3. The second kappa shape index (κ2) is 3.31. The summed E-state index contributed by atoms with van der Waals surface area (Å²) in [4.78, 5) is 14.0. The van der Waals surface area contributed by atoms with Crippen LogP contribution in [0.5, 0.6) is 11.5 Å². The molecule has 0 unspecified atom stereocenters. The minimum absolute atomic E-state index is 0.0181. The molecule has 0 fully saturated rings. The van der Waals surface area contributed by atoms with Gasteiger partial charge in [0.1, 0.15) is 0 Å². The molecule has 0 bridgehead atoms. The molecule has 0 atom stereocenters. The zero-order chi connectivity index (χ0) is 11.0. The van der Waals surface area contributed by atoms with E-state index in [0.29, 0.717) is 16.8 Å². The van der Waals surface area contributed by atoms with Crippen molar-refractivity contribution in [3.05, 3.63) is 34.1 Å². The molecule has 0 amide bonds. The predicted octanol–water partition coefficient (Wildman–Crippen LogP) is 1.55. The van der Waals surface area contributed by atoms with Crippen molar-refractivity contribution in [2.45, 2.75) is 6.92 Å². The quantitative estimate of drug-likeness (QED) is 0.742. The minimum atomic E-state index is -0.146. The summed E-state index contributed by atoms with van der Waals surface area (Å²) in [6.07, 6.45) is 0. The fourth-order valence-electron chi connectivity index (χ4n) is 1.49. The van der Waals surface area contributed by atoms with Crippen molar-refractivity contribution in [1.29, 1.82) is 0 Å². The Bertz CT molecular complexity index is 572. The number of methoxy groups -OCH3 is 1. The number of hydrogen-bond donors (Lipinski definition) is 2. The first kappa shape index (κ1) is 9.58. The molecule has 0 aliphatic heterocycles. The fourth-order valence-corrected chi connectivity index (χ4v) is 1.49. The third kappa shape index (κ3) is 1.54. The summed E-state index contributed by atoms with van der Waals surface area (Å²) in [5.74, 6) is 0.415. The molecule has 2 N–H and O–H groups in total. The Morgan fingerprint density at radius 2 is 2.07 bits per heavy atom. The van der Waals surface area contributed by atoms with Crippen LogP contribution < -0.4 is 10.3 Å². The number of H-pyrrole nitrogens is 1. The number of aromatic nitrogens is 1. The van der Waals surface area contributed by atoms with Gasteiger partial charge >= 0.3 is 0 Å². The van der Waals surface area contributed by atoms with E-state index in [2.05, 4.69) is 4.98 Å². The highest BCUT2D eigenvalue weighted by Crippen LogP contribution is 2.29. The van der Waals surface area contributed by atoms with Crippen LogP contribution in [0.15, 0.2) is 23.0 Å². The van der Waals surface area contributed by atoms with E-state index in [9.17, 15) is 9.90 Å². The van der Waals surface area contributed by atoms with Crippen LogP contribution in [0.25, 0.3) is 10.9 Å². The number of pyridine rings is 1. The lowest BCUT2D eigenvalue weighted by atomic mass is 10.1. The van der Waals surface area contributed by atoms with Crippen LogP contribution in [0, 0.1) is 6.92 Å². The van der Waals surface area contributed by atoms with E-state index in [1.807, 2.05) is 0 Å². The van der Waals surface area contributed by atoms with Crippen molar-refractivity contribution in [2.24, 2.45) is 0 Å². The van der Waals surface area contributed by atoms with Crippen LogP contribution in [-0.4, -0.2) is 17.2 Å². The number of benzene rings is 1. The number of aryl methyl sites for hydroxylation is 1. The van der Waals surface area contributed by atoms with Gasteiger partial charge in [-0.3, -0.25) is 4.79 Å². The minimum Gasteiger partial charge on any atom is -0.504 e. The first-order valence-electron chi connectivity index (χ1n) is 4.52. The Hall–Kier alpha value is -1.97. The van der Waals surface area contributed by atoms with Gasteiger partial charge < -0.3 is 14.8 Å². The molecule has 0 spiro atoms. The number of hydrogen-bond acceptors (Lipinski definition) is 3. The molecule has 0 aliphatic carbocycles. The number of phenols is 1. The third-order valence-corrected chi connectivity index (χ3v) is 2.33. The maximum atomic E-state index is 11.3.